The number of pyridine rings is 1. The molecule has 1 aromatic heterocycles. The summed E-state index contributed by atoms with van der Waals surface area (Å²) in [7, 11) is 1.82. The van der Waals surface area contributed by atoms with Crippen molar-refractivity contribution in [3.63, 3.8) is 0 Å². The van der Waals surface area contributed by atoms with Gasteiger partial charge in [-0.2, -0.15) is 0 Å². The molecule has 1 saturated carbocycles. The first-order valence-corrected chi connectivity index (χ1v) is 10.3. The third-order valence-electron chi connectivity index (χ3n) is 5.55. The SMILES string of the molecule is CN=C(NCc1ccnc(OCC2CC2)c1)NCC(C)(C)N1CCCCC1.I. The second-order valence-corrected chi connectivity index (χ2v) is 8.40. The summed E-state index contributed by atoms with van der Waals surface area (Å²) in [5, 5.41) is 6.89. The maximum absolute atomic E-state index is 5.77. The van der Waals surface area contributed by atoms with Gasteiger partial charge in [-0.25, -0.2) is 4.98 Å². The van der Waals surface area contributed by atoms with Crippen molar-refractivity contribution in [2.45, 2.75) is 58.0 Å². The number of hydrogen-bond donors (Lipinski definition) is 2. The zero-order valence-electron chi connectivity index (χ0n) is 17.5. The summed E-state index contributed by atoms with van der Waals surface area (Å²) >= 11 is 0. The molecule has 6 nitrogen and oxygen atoms in total. The van der Waals surface area contributed by atoms with E-state index < -0.39 is 0 Å². The first-order valence-electron chi connectivity index (χ1n) is 10.3. The minimum absolute atomic E-state index is 0. The molecular weight excluding hydrogens is 465 g/mol. The second-order valence-electron chi connectivity index (χ2n) is 8.40. The fourth-order valence-corrected chi connectivity index (χ4v) is 3.44. The third kappa shape index (κ3) is 7.39. The van der Waals surface area contributed by atoms with E-state index in [1.54, 1.807) is 0 Å². The number of piperidine rings is 1. The normalized spacial score (nSPS) is 18.3. The molecule has 1 aliphatic carbocycles. The van der Waals surface area contributed by atoms with E-state index >= 15 is 0 Å². The van der Waals surface area contributed by atoms with Gasteiger partial charge >= 0.3 is 0 Å². The molecule has 0 bridgehead atoms. The average molecular weight is 501 g/mol. The van der Waals surface area contributed by atoms with Gasteiger partial charge in [0, 0.05) is 37.9 Å². The average Bonchev–Trinajstić information content (AvgIpc) is 3.52. The van der Waals surface area contributed by atoms with Crippen LogP contribution in [0.2, 0.25) is 0 Å². The van der Waals surface area contributed by atoms with Crippen LogP contribution >= 0.6 is 24.0 Å². The van der Waals surface area contributed by atoms with Crippen LogP contribution in [0.4, 0.5) is 0 Å². The maximum Gasteiger partial charge on any atom is 0.213 e. The number of aliphatic imine (C=N–C) groups is 1. The zero-order valence-corrected chi connectivity index (χ0v) is 19.9. The monoisotopic (exact) mass is 501 g/mol. The van der Waals surface area contributed by atoms with Crippen molar-refractivity contribution >= 4 is 29.9 Å². The highest BCUT2D eigenvalue weighted by Gasteiger charge is 2.27. The maximum atomic E-state index is 5.77. The van der Waals surface area contributed by atoms with Crippen molar-refractivity contribution in [3.8, 4) is 5.88 Å². The minimum Gasteiger partial charge on any atom is -0.477 e. The number of likely N-dealkylation sites (tertiary alicyclic amines) is 1. The van der Waals surface area contributed by atoms with Crippen molar-refractivity contribution in [2.24, 2.45) is 10.9 Å². The summed E-state index contributed by atoms with van der Waals surface area (Å²) in [5.74, 6) is 2.28. The summed E-state index contributed by atoms with van der Waals surface area (Å²) < 4.78 is 5.77. The molecule has 2 N–H and O–H groups in total. The number of nitrogens with zero attached hydrogens (tertiary/aromatic N) is 3. The number of halogens is 1. The molecule has 0 aromatic carbocycles. The van der Waals surface area contributed by atoms with Crippen molar-refractivity contribution < 1.29 is 4.74 Å². The van der Waals surface area contributed by atoms with Gasteiger partial charge in [0.1, 0.15) is 0 Å². The number of ether oxygens (including phenoxy) is 1. The van der Waals surface area contributed by atoms with Crippen LogP contribution in [-0.2, 0) is 6.54 Å². The summed E-state index contributed by atoms with van der Waals surface area (Å²) in [6.45, 7) is 9.38. The molecular formula is C21H36IN5O. The van der Waals surface area contributed by atoms with E-state index in [9.17, 15) is 0 Å². The smallest absolute Gasteiger partial charge is 0.213 e. The standard InChI is InChI=1S/C21H35N5O.HI/c1-21(2,26-11-5-4-6-12-26)16-25-20(22-3)24-14-18-9-10-23-19(13-18)27-15-17-7-8-17;/h9-10,13,17H,4-8,11-12,14-16H2,1-3H3,(H2,22,24,25);1H. The summed E-state index contributed by atoms with van der Waals surface area (Å²) in [6, 6.07) is 4.03. The Balaban J connectivity index is 0.00000280. The molecule has 0 spiro atoms. The Bertz CT molecular complexity index is 627. The number of hydrogen-bond acceptors (Lipinski definition) is 4. The van der Waals surface area contributed by atoms with E-state index in [-0.39, 0.29) is 29.5 Å². The van der Waals surface area contributed by atoms with E-state index in [0.717, 1.165) is 36.5 Å². The van der Waals surface area contributed by atoms with Gasteiger partial charge in [-0.15, -0.1) is 24.0 Å². The van der Waals surface area contributed by atoms with Gasteiger partial charge in [-0.3, -0.25) is 9.89 Å². The fraction of sp³-hybridized carbons (Fsp3) is 0.714. The van der Waals surface area contributed by atoms with Crippen LogP contribution < -0.4 is 15.4 Å². The lowest BCUT2D eigenvalue weighted by Crippen LogP contribution is -2.54. The zero-order chi connectivity index (χ0) is 19.1. The van der Waals surface area contributed by atoms with Crippen LogP contribution in [0.5, 0.6) is 5.88 Å². The van der Waals surface area contributed by atoms with E-state index in [4.69, 9.17) is 4.74 Å². The largest absolute Gasteiger partial charge is 0.477 e. The van der Waals surface area contributed by atoms with Crippen LogP contribution in [0.1, 0.15) is 51.5 Å². The topological polar surface area (TPSA) is 61.8 Å². The lowest BCUT2D eigenvalue weighted by atomic mass is 9.98. The molecule has 1 saturated heterocycles. The number of aromatic nitrogens is 1. The summed E-state index contributed by atoms with van der Waals surface area (Å²) in [5.41, 5.74) is 1.27. The molecule has 28 heavy (non-hydrogen) atoms. The predicted octanol–water partition coefficient (Wildman–Crippen LogP) is 3.42. The Hall–Kier alpha value is -1.09. The fourth-order valence-electron chi connectivity index (χ4n) is 3.44. The van der Waals surface area contributed by atoms with Crippen LogP contribution in [-0.4, -0.2) is 54.7 Å². The first-order chi connectivity index (χ1) is 13.1. The van der Waals surface area contributed by atoms with Gasteiger partial charge in [0.2, 0.25) is 5.88 Å². The minimum atomic E-state index is 0. The van der Waals surface area contributed by atoms with E-state index in [1.165, 1.54) is 45.2 Å². The van der Waals surface area contributed by atoms with Crippen molar-refractivity contribution in [2.75, 3.05) is 33.3 Å². The van der Waals surface area contributed by atoms with Crippen LogP contribution in [0.3, 0.4) is 0 Å². The van der Waals surface area contributed by atoms with Gasteiger partial charge < -0.3 is 15.4 Å². The first kappa shape index (κ1) is 23.2. The predicted molar refractivity (Wildman–Crippen MR) is 126 cm³/mol. The number of rotatable bonds is 8. The van der Waals surface area contributed by atoms with Crippen LogP contribution in [0.25, 0.3) is 0 Å². The van der Waals surface area contributed by atoms with Crippen LogP contribution in [0.15, 0.2) is 23.3 Å². The van der Waals surface area contributed by atoms with E-state index in [2.05, 4.69) is 39.4 Å². The summed E-state index contributed by atoms with van der Waals surface area (Å²) in [6.07, 6.45) is 8.37. The molecule has 0 atom stereocenters. The molecule has 158 valence electrons. The highest BCUT2D eigenvalue weighted by atomic mass is 127. The molecule has 2 heterocycles. The summed E-state index contributed by atoms with van der Waals surface area (Å²) in [4.78, 5) is 11.3. The van der Waals surface area contributed by atoms with E-state index in [0.29, 0.717) is 6.54 Å². The van der Waals surface area contributed by atoms with E-state index in [1.807, 2.05) is 25.4 Å². The van der Waals surface area contributed by atoms with Crippen molar-refractivity contribution in [1.29, 1.82) is 0 Å². The molecule has 2 fully saturated rings. The Morgan fingerprint density at radius 2 is 2.00 bits per heavy atom. The quantitative estimate of drug-likeness (QED) is 0.325. The van der Waals surface area contributed by atoms with Crippen molar-refractivity contribution in [1.82, 2.24) is 20.5 Å². The molecule has 3 rings (SSSR count). The molecule has 7 heteroatoms. The lowest BCUT2D eigenvalue weighted by Gasteiger charge is -2.41. The van der Waals surface area contributed by atoms with Gasteiger partial charge in [0.25, 0.3) is 0 Å². The number of nitrogens with one attached hydrogen (secondary N) is 2. The second kappa shape index (κ2) is 11.2. The van der Waals surface area contributed by atoms with Gasteiger partial charge in [0.15, 0.2) is 5.96 Å². The third-order valence-corrected chi connectivity index (χ3v) is 5.55. The lowest BCUT2D eigenvalue weighted by molar-refractivity contribution is 0.0982. The van der Waals surface area contributed by atoms with Crippen molar-refractivity contribution in [3.05, 3.63) is 23.9 Å². The molecule has 0 amide bonds. The molecule has 0 radical (unpaired) electrons. The Morgan fingerprint density at radius 1 is 1.25 bits per heavy atom. The Labute approximate surface area is 186 Å². The van der Waals surface area contributed by atoms with Gasteiger partial charge in [-0.05, 0) is 70.2 Å². The van der Waals surface area contributed by atoms with Gasteiger partial charge in [0.05, 0.1) is 6.61 Å². The van der Waals surface area contributed by atoms with Gasteiger partial charge in [-0.1, -0.05) is 6.42 Å². The molecule has 1 aromatic rings. The molecule has 0 unspecified atom stereocenters. The molecule has 1 aliphatic heterocycles. The molecule has 2 aliphatic rings. The van der Waals surface area contributed by atoms with Crippen LogP contribution in [0, 0.1) is 5.92 Å². The Kier molecular flexibility index (Phi) is 9.27. The highest BCUT2D eigenvalue weighted by molar-refractivity contribution is 14.0. The number of guanidine groups is 1. The Morgan fingerprint density at radius 3 is 2.68 bits per heavy atom. The highest BCUT2D eigenvalue weighted by Crippen LogP contribution is 2.29.